The van der Waals surface area contributed by atoms with Gasteiger partial charge in [-0.2, -0.15) is 4.68 Å². The smallest absolute Gasteiger partial charge is 0.280 e. The van der Waals surface area contributed by atoms with Crippen LogP contribution in [0, 0.1) is 5.82 Å². The maximum absolute atomic E-state index is 13.0. The van der Waals surface area contributed by atoms with Crippen molar-refractivity contribution >= 4 is 33.3 Å². The van der Waals surface area contributed by atoms with Gasteiger partial charge in [-0.1, -0.05) is 21.1 Å². The van der Waals surface area contributed by atoms with E-state index < -0.39 is 5.91 Å². The van der Waals surface area contributed by atoms with E-state index in [1.54, 1.807) is 24.3 Å². The topological polar surface area (TPSA) is 85.8 Å². The van der Waals surface area contributed by atoms with Crippen molar-refractivity contribution in [2.75, 3.05) is 11.1 Å². The molecule has 0 saturated heterocycles. The summed E-state index contributed by atoms with van der Waals surface area (Å²) in [7, 11) is 0. The van der Waals surface area contributed by atoms with E-state index >= 15 is 0 Å². The van der Waals surface area contributed by atoms with E-state index in [9.17, 15) is 9.18 Å². The molecule has 0 aliphatic carbocycles. The molecule has 0 saturated carbocycles. The number of carbonyl (C=O) groups is 1. The molecular formula is C15H11BrFN5O. The van der Waals surface area contributed by atoms with Crippen LogP contribution in [0.3, 0.4) is 0 Å². The predicted molar refractivity (Wildman–Crippen MR) is 87.8 cm³/mol. The number of rotatable bonds is 3. The molecular weight excluding hydrogens is 365 g/mol. The van der Waals surface area contributed by atoms with Crippen LogP contribution in [0.15, 0.2) is 53.0 Å². The monoisotopic (exact) mass is 375 g/mol. The zero-order valence-corrected chi connectivity index (χ0v) is 13.3. The highest BCUT2D eigenvalue weighted by Crippen LogP contribution is 2.18. The van der Waals surface area contributed by atoms with Crippen molar-refractivity contribution in [3.05, 3.63) is 64.5 Å². The number of nitrogens with one attached hydrogen (secondary N) is 1. The Hall–Kier alpha value is -2.74. The Bertz CT molecular complexity index is 845. The van der Waals surface area contributed by atoms with Crippen molar-refractivity contribution in [2.45, 2.75) is 0 Å². The molecule has 0 radical (unpaired) electrons. The summed E-state index contributed by atoms with van der Waals surface area (Å²) in [5.74, 6) is -0.773. The number of carbonyl (C=O) groups excluding carboxylic acids is 1. The normalized spacial score (nSPS) is 10.5. The molecule has 0 fully saturated rings. The molecule has 0 aliphatic rings. The molecule has 0 atom stereocenters. The summed E-state index contributed by atoms with van der Waals surface area (Å²) in [6, 6.07) is 12.6. The Labute approximate surface area is 139 Å². The van der Waals surface area contributed by atoms with E-state index in [0.29, 0.717) is 11.4 Å². The number of anilines is 2. The van der Waals surface area contributed by atoms with Crippen LogP contribution in [0.2, 0.25) is 0 Å². The number of hydrogen-bond donors (Lipinski definition) is 2. The molecule has 1 amide bonds. The minimum Gasteiger partial charge on any atom is -0.382 e. The molecule has 0 aliphatic heterocycles. The maximum Gasteiger partial charge on any atom is 0.280 e. The number of nitrogen functional groups attached to an aromatic ring is 1. The Morgan fingerprint density at radius 3 is 2.43 bits per heavy atom. The van der Waals surface area contributed by atoms with Crippen LogP contribution >= 0.6 is 15.9 Å². The van der Waals surface area contributed by atoms with Crippen molar-refractivity contribution in [3.63, 3.8) is 0 Å². The van der Waals surface area contributed by atoms with Gasteiger partial charge in [-0.3, -0.25) is 4.79 Å². The molecule has 23 heavy (non-hydrogen) atoms. The van der Waals surface area contributed by atoms with Crippen LogP contribution in [-0.2, 0) is 0 Å². The lowest BCUT2D eigenvalue weighted by molar-refractivity contribution is 0.102. The van der Waals surface area contributed by atoms with Crippen LogP contribution in [0.4, 0.5) is 15.9 Å². The quantitative estimate of drug-likeness (QED) is 0.736. The Kier molecular flexibility index (Phi) is 4.07. The van der Waals surface area contributed by atoms with Crippen molar-refractivity contribution in [2.24, 2.45) is 0 Å². The van der Waals surface area contributed by atoms with Crippen molar-refractivity contribution < 1.29 is 9.18 Å². The first kappa shape index (κ1) is 15.2. The molecule has 1 heterocycles. The average Bonchev–Trinajstić information content (AvgIpc) is 2.92. The third kappa shape index (κ3) is 3.21. The summed E-state index contributed by atoms with van der Waals surface area (Å²) in [5, 5.41) is 10.3. The van der Waals surface area contributed by atoms with Crippen LogP contribution in [0.1, 0.15) is 10.5 Å². The summed E-state index contributed by atoms with van der Waals surface area (Å²) in [6.07, 6.45) is 0. The average molecular weight is 376 g/mol. The highest BCUT2D eigenvalue weighted by Gasteiger charge is 2.18. The van der Waals surface area contributed by atoms with E-state index in [0.717, 1.165) is 4.47 Å². The molecule has 8 heteroatoms. The number of benzene rings is 2. The van der Waals surface area contributed by atoms with E-state index in [4.69, 9.17) is 5.73 Å². The molecule has 3 rings (SSSR count). The lowest BCUT2D eigenvalue weighted by Crippen LogP contribution is -2.15. The predicted octanol–water partition coefficient (Wildman–Crippen LogP) is 3.00. The molecule has 0 spiro atoms. The second kappa shape index (κ2) is 6.17. The largest absolute Gasteiger partial charge is 0.382 e. The third-order valence-electron chi connectivity index (χ3n) is 3.09. The molecule has 3 aromatic rings. The van der Waals surface area contributed by atoms with Gasteiger partial charge in [0.25, 0.3) is 5.91 Å². The minimum absolute atomic E-state index is 0.00255. The molecule has 116 valence electrons. The van der Waals surface area contributed by atoms with Crippen LogP contribution < -0.4 is 11.1 Å². The second-order valence-electron chi connectivity index (χ2n) is 4.67. The Morgan fingerprint density at radius 2 is 1.78 bits per heavy atom. The number of aromatic nitrogens is 3. The fourth-order valence-corrected chi connectivity index (χ4v) is 2.21. The van der Waals surface area contributed by atoms with Gasteiger partial charge in [-0.25, -0.2) is 4.39 Å². The third-order valence-corrected chi connectivity index (χ3v) is 3.62. The van der Waals surface area contributed by atoms with Gasteiger partial charge < -0.3 is 11.1 Å². The van der Waals surface area contributed by atoms with Gasteiger partial charge in [-0.15, -0.1) is 5.10 Å². The Balaban J connectivity index is 1.85. The number of nitrogens with two attached hydrogens (primary N) is 1. The highest BCUT2D eigenvalue weighted by molar-refractivity contribution is 9.10. The van der Waals surface area contributed by atoms with Crippen molar-refractivity contribution in [3.8, 4) is 5.69 Å². The molecule has 6 nitrogen and oxygen atoms in total. The van der Waals surface area contributed by atoms with Crippen LogP contribution in [0.5, 0.6) is 0 Å². The summed E-state index contributed by atoms with van der Waals surface area (Å²) < 4.78 is 15.1. The van der Waals surface area contributed by atoms with Gasteiger partial charge in [0.05, 0.1) is 5.69 Å². The van der Waals surface area contributed by atoms with E-state index in [-0.39, 0.29) is 17.3 Å². The van der Waals surface area contributed by atoms with Crippen molar-refractivity contribution in [1.82, 2.24) is 15.0 Å². The number of amides is 1. The molecule has 1 aromatic heterocycles. The summed E-state index contributed by atoms with van der Waals surface area (Å²) >= 11 is 3.32. The Morgan fingerprint density at radius 1 is 1.13 bits per heavy atom. The summed E-state index contributed by atoms with van der Waals surface area (Å²) in [5.41, 5.74) is 7.04. The molecule has 0 bridgehead atoms. The van der Waals surface area contributed by atoms with Gasteiger partial charge in [0.1, 0.15) is 5.82 Å². The van der Waals surface area contributed by atoms with Gasteiger partial charge in [-0.05, 0) is 48.5 Å². The molecule has 2 aromatic carbocycles. The lowest BCUT2D eigenvalue weighted by atomic mass is 10.3. The zero-order chi connectivity index (χ0) is 16.4. The van der Waals surface area contributed by atoms with E-state index in [1.807, 2.05) is 0 Å². The van der Waals surface area contributed by atoms with Gasteiger partial charge in [0.2, 0.25) is 0 Å². The second-order valence-corrected chi connectivity index (χ2v) is 5.59. The SMILES string of the molecule is Nc1c(C(=O)Nc2ccc(Br)cc2)nnn1-c1ccc(F)cc1. The van der Waals surface area contributed by atoms with Crippen LogP contribution in [-0.4, -0.2) is 20.9 Å². The highest BCUT2D eigenvalue weighted by atomic mass is 79.9. The number of hydrogen-bond acceptors (Lipinski definition) is 4. The number of nitrogens with zero attached hydrogens (tertiary/aromatic N) is 3. The first-order chi connectivity index (χ1) is 11.0. The molecule has 3 N–H and O–H groups in total. The first-order valence-electron chi connectivity index (χ1n) is 6.58. The van der Waals surface area contributed by atoms with Crippen molar-refractivity contribution in [1.29, 1.82) is 0 Å². The van der Waals surface area contributed by atoms with Gasteiger partial charge >= 0.3 is 0 Å². The van der Waals surface area contributed by atoms with E-state index in [1.165, 1.54) is 28.9 Å². The zero-order valence-electron chi connectivity index (χ0n) is 11.7. The standard InChI is InChI=1S/C15H11BrFN5O/c16-9-1-5-11(6-2-9)19-15(23)13-14(18)22(21-20-13)12-7-3-10(17)4-8-12/h1-8H,18H2,(H,19,23). The first-order valence-corrected chi connectivity index (χ1v) is 7.38. The minimum atomic E-state index is -0.474. The van der Waals surface area contributed by atoms with E-state index in [2.05, 4.69) is 31.6 Å². The van der Waals surface area contributed by atoms with Gasteiger partial charge in [0, 0.05) is 10.2 Å². The number of halogens is 2. The lowest BCUT2D eigenvalue weighted by Gasteiger charge is -2.05. The summed E-state index contributed by atoms with van der Waals surface area (Å²) in [4.78, 5) is 12.2. The van der Waals surface area contributed by atoms with Crippen LogP contribution in [0.25, 0.3) is 5.69 Å². The molecule has 0 unspecified atom stereocenters. The fraction of sp³-hybridized carbons (Fsp3) is 0. The maximum atomic E-state index is 13.0. The fourth-order valence-electron chi connectivity index (χ4n) is 1.95. The summed E-state index contributed by atoms with van der Waals surface area (Å²) in [6.45, 7) is 0. The van der Waals surface area contributed by atoms with Gasteiger partial charge in [0.15, 0.2) is 11.5 Å².